The maximum absolute atomic E-state index is 12.6. The molecule has 1 aliphatic heterocycles. The van der Waals surface area contributed by atoms with Gasteiger partial charge in [0.1, 0.15) is 0 Å². The number of hydrogen-bond acceptors (Lipinski definition) is 6. The van der Waals surface area contributed by atoms with Crippen molar-refractivity contribution in [1.82, 2.24) is 10.2 Å². The second-order valence-electron chi connectivity index (χ2n) is 5.33. The number of nitrogens with zero attached hydrogens (tertiary/aromatic N) is 3. The molecule has 1 fully saturated rings. The summed E-state index contributed by atoms with van der Waals surface area (Å²) in [6.07, 6.45) is -4.30. The van der Waals surface area contributed by atoms with Gasteiger partial charge in [0.05, 0.1) is 18.8 Å². The number of anilines is 1. The van der Waals surface area contributed by atoms with Crippen LogP contribution in [0.25, 0.3) is 0 Å². The van der Waals surface area contributed by atoms with Gasteiger partial charge < -0.3 is 9.64 Å². The number of ether oxygens (including phenoxy) is 1. The van der Waals surface area contributed by atoms with Crippen LogP contribution >= 0.6 is 23.1 Å². The van der Waals surface area contributed by atoms with Gasteiger partial charge in [-0.1, -0.05) is 35.2 Å². The predicted molar refractivity (Wildman–Crippen MR) is 88.7 cm³/mol. The molecule has 4 nitrogen and oxygen atoms in total. The van der Waals surface area contributed by atoms with E-state index in [9.17, 15) is 13.2 Å². The Labute approximate surface area is 146 Å². The molecule has 3 rings (SSSR count). The number of halogens is 3. The largest absolute Gasteiger partial charge is 0.416 e. The lowest BCUT2D eigenvalue weighted by atomic mass is 10.1. The summed E-state index contributed by atoms with van der Waals surface area (Å²) in [7, 11) is 0. The molecule has 0 bridgehead atoms. The van der Waals surface area contributed by atoms with E-state index in [4.69, 9.17) is 4.74 Å². The van der Waals surface area contributed by atoms with Gasteiger partial charge in [0.2, 0.25) is 5.13 Å². The van der Waals surface area contributed by atoms with Crippen molar-refractivity contribution < 1.29 is 17.9 Å². The van der Waals surface area contributed by atoms with Crippen molar-refractivity contribution >= 4 is 28.2 Å². The highest BCUT2D eigenvalue weighted by Gasteiger charge is 2.30. The summed E-state index contributed by atoms with van der Waals surface area (Å²) >= 11 is 3.00. The zero-order valence-electron chi connectivity index (χ0n) is 12.9. The van der Waals surface area contributed by atoms with Crippen LogP contribution in [0.5, 0.6) is 0 Å². The summed E-state index contributed by atoms with van der Waals surface area (Å²) in [6.45, 7) is 4.92. The summed E-state index contributed by atoms with van der Waals surface area (Å²) in [6, 6.07) is 5.27. The van der Waals surface area contributed by atoms with Crippen LogP contribution in [0.3, 0.4) is 0 Å². The normalized spacial score (nSPS) is 17.1. The number of aromatic nitrogens is 2. The first-order valence-corrected chi connectivity index (χ1v) is 9.13. The second kappa shape index (κ2) is 7.28. The van der Waals surface area contributed by atoms with Crippen molar-refractivity contribution in [2.75, 3.05) is 31.2 Å². The van der Waals surface area contributed by atoms with Crippen molar-refractivity contribution in [3.63, 3.8) is 0 Å². The monoisotopic (exact) mass is 375 g/mol. The van der Waals surface area contributed by atoms with E-state index in [0.29, 0.717) is 13.2 Å². The van der Waals surface area contributed by atoms with Crippen LogP contribution in [0.4, 0.5) is 18.3 Å². The van der Waals surface area contributed by atoms with Gasteiger partial charge in [-0.15, -0.1) is 10.2 Å². The number of rotatable bonds is 4. The summed E-state index contributed by atoms with van der Waals surface area (Å²) in [5.74, 6) is 0. The summed E-state index contributed by atoms with van der Waals surface area (Å²) in [4.78, 5) is 2.13. The Morgan fingerprint density at radius 3 is 2.46 bits per heavy atom. The SMILES string of the molecule is CC(Sc1nnc(N2CCOCC2)s1)c1ccc(C(F)(F)F)cc1. The van der Waals surface area contributed by atoms with Crippen LogP contribution in [0.1, 0.15) is 23.3 Å². The van der Waals surface area contributed by atoms with Gasteiger partial charge in [-0.25, -0.2) is 0 Å². The summed E-state index contributed by atoms with van der Waals surface area (Å²) in [5, 5.41) is 9.24. The predicted octanol–water partition coefficient (Wildman–Crippen LogP) is 4.25. The highest BCUT2D eigenvalue weighted by atomic mass is 32.2. The molecule has 0 amide bonds. The Kier molecular flexibility index (Phi) is 5.31. The van der Waals surface area contributed by atoms with Crippen LogP contribution in [-0.4, -0.2) is 36.5 Å². The first-order valence-electron chi connectivity index (χ1n) is 7.43. The molecule has 0 N–H and O–H groups in total. The minimum absolute atomic E-state index is 0.00206. The zero-order valence-corrected chi connectivity index (χ0v) is 14.5. The van der Waals surface area contributed by atoms with Crippen LogP contribution in [-0.2, 0) is 10.9 Å². The molecule has 0 radical (unpaired) electrons. The molecule has 1 unspecified atom stereocenters. The molecule has 1 saturated heterocycles. The van der Waals surface area contributed by atoms with Gasteiger partial charge >= 0.3 is 6.18 Å². The van der Waals surface area contributed by atoms with Crippen molar-refractivity contribution in [3.8, 4) is 0 Å². The van der Waals surface area contributed by atoms with Gasteiger partial charge in [0.15, 0.2) is 4.34 Å². The molecular weight excluding hydrogens is 359 g/mol. The molecule has 1 aliphatic rings. The highest BCUT2D eigenvalue weighted by molar-refractivity contribution is 8.01. The fourth-order valence-electron chi connectivity index (χ4n) is 2.29. The standard InChI is InChI=1S/C15H16F3N3OS2/c1-10(11-2-4-12(5-3-11)15(16,17)18)23-14-20-19-13(24-14)21-6-8-22-9-7-21/h2-5,10H,6-9H2,1H3. The first kappa shape index (κ1) is 17.5. The molecule has 0 aliphatic carbocycles. The van der Waals surface area contributed by atoms with Crippen LogP contribution in [0.15, 0.2) is 28.6 Å². The summed E-state index contributed by atoms with van der Waals surface area (Å²) in [5.41, 5.74) is 0.199. The number of hydrogen-bond donors (Lipinski definition) is 0. The van der Waals surface area contributed by atoms with Crippen molar-refractivity contribution in [3.05, 3.63) is 35.4 Å². The number of thioether (sulfide) groups is 1. The number of morpholine rings is 1. The second-order valence-corrected chi connectivity index (χ2v) is 7.87. The smallest absolute Gasteiger partial charge is 0.378 e. The zero-order chi connectivity index (χ0) is 17.2. The molecule has 0 saturated carbocycles. The average molecular weight is 375 g/mol. The lowest BCUT2D eigenvalue weighted by Gasteiger charge is -2.25. The molecule has 2 heterocycles. The van der Waals surface area contributed by atoms with Gasteiger partial charge in [-0.05, 0) is 24.6 Å². The average Bonchev–Trinajstić information content (AvgIpc) is 3.03. The van der Waals surface area contributed by atoms with Gasteiger partial charge in [-0.3, -0.25) is 0 Å². The minimum atomic E-state index is -4.30. The van der Waals surface area contributed by atoms with E-state index in [1.807, 2.05) is 6.92 Å². The Morgan fingerprint density at radius 1 is 1.17 bits per heavy atom. The quantitative estimate of drug-likeness (QED) is 0.747. The maximum Gasteiger partial charge on any atom is 0.416 e. The minimum Gasteiger partial charge on any atom is -0.378 e. The lowest BCUT2D eigenvalue weighted by Crippen LogP contribution is -2.36. The van der Waals surface area contributed by atoms with Crippen LogP contribution < -0.4 is 4.90 Å². The summed E-state index contributed by atoms with van der Waals surface area (Å²) < 4.78 is 44.0. The Balaban J connectivity index is 1.64. The van der Waals surface area contributed by atoms with Gasteiger partial charge in [0, 0.05) is 18.3 Å². The highest BCUT2D eigenvalue weighted by Crippen LogP contribution is 2.39. The fourth-order valence-corrected chi connectivity index (χ4v) is 4.46. The molecule has 9 heteroatoms. The molecule has 1 aromatic carbocycles. The number of alkyl halides is 3. The lowest BCUT2D eigenvalue weighted by molar-refractivity contribution is -0.137. The van der Waals surface area contributed by atoms with E-state index in [0.717, 1.165) is 40.3 Å². The van der Waals surface area contributed by atoms with E-state index in [-0.39, 0.29) is 5.25 Å². The number of benzene rings is 1. The van der Waals surface area contributed by atoms with Crippen LogP contribution in [0, 0.1) is 0 Å². The third-order valence-electron chi connectivity index (χ3n) is 3.66. The third-order valence-corrected chi connectivity index (χ3v) is 5.89. The topological polar surface area (TPSA) is 38.2 Å². The van der Waals surface area contributed by atoms with Gasteiger partial charge in [-0.2, -0.15) is 13.2 Å². The van der Waals surface area contributed by atoms with E-state index in [1.165, 1.54) is 35.2 Å². The molecule has 2 aromatic rings. The van der Waals surface area contributed by atoms with E-state index >= 15 is 0 Å². The molecule has 130 valence electrons. The molecule has 1 aromatic heterocycles. The van der Waals surface area contributed by atoms with Gasteiger partial charge in [0.25, 0.3) is 0 Å². The Hall–Kier alpha value is -1.32. The fraction of sp³-hybridized carbons (Fsp3) is 0.467. The first-order chi connectivity index (χ1) is 11.4. The van der Waals surface area contributed by atoms with Crippen molar-refractivity contribution in [1.29, 1.82) is 0 Å². The van der Waals surface area contributed by atoms with Crippen molar-refractivity contribution in [2.45, 2.75) is 22.7 Å². The molecular formula is C15H16F3N3OS2. The van der Waals surface area contributed by atoms with Crippen molar-refractivity contribution in [2.24, 2.45) is 0 Å². The molecule has 0 spiro atoms. The van der Waals surface area contributed by atoms with E-state index in [1.54, 1.807) is 0 Å². The maximum atomic E-state index is 12.6. The molecule has 1 atom stereocenters. The van der Waals surface area contributed by atoms with E-state index in [2.05, 4.69) is 15.1 Å². The third kappa shape index (κ3) is 4.20. The Morgan fingerprint density at radius 2 is 1.83 bits per heavy atom. The van der Waals surface area contributed by atoms with E-state index < -0.39 is 11.7 Å². The Bertz CT molecular complexity index is 669. The van der Waals surface area contributed by atoms with Crippen LogP contribution in [0.2, 0.25) is 0 Å². The molecule has 24 heavy (non-hydrogen) atoms.